The Bertz CT molecular complexity index is 173. The number of nitrogens with zero attached hydrogens (tertiary/aromatic N) is 2. The molecular weight excluding hydrogens is 162 g/mol. The minimum absolute atomic E-state index is 0.651. The molecule has 44 valence electrons. The van der Waals surface area contributed by atoms with E-state index in [0.29, 0.717) is 4.34 Å². The Morgan fingerprint density at radius 3 is 2.62 bits per heavy atom. The van der Waals surface area contributed by atoms with Gasteiger partial charge in [0.05, 0.1) is 0 Å². The van der Waals surface area contributed by atoms with Crippen molar-refractivity contribution < 1.29 is 0 Å². The molecule has 0 bridgehead atoms. The molecule has 0 aliphatic rings. The Labute approximate surface area is 60.2 Å². The summed E-state index contributed by atoms with van der Waals surface area (Å²) in [6.45, 7) is 0. The molecule has 3 nitrogen and oxygen atoms in total. The summed E-state index contributed by atoms with van der Waals surface area (Å²) in [6.07, 6.45) is 0. The predicted molar refractivity (Wildman–Crippen MR) is 37.2 cm³/mol. The highest BCUT2D eigenvalue weighted by Gasteiger charge is 1.95. The van der Waals surface area contributed by atoms with E-state index in [2.05, 4.69) is 22.8 Å². The molecule has 1 rings (SSSR count). The van der Waals surface area contributed by atoms with Gasteiger partial charge in [0.1, 0.15) is 0 Å². The molecule has 1 aromatic rings. The van der Waals surface area contributed by atoms with Crippen LogP contribution in [0.15, 0.2) is 8.68 Å². The van der Waals surface area contributed by atoms with Crippen molar-refractivity contribution in [1.29, 1.82) is 0 Å². The average Bonchev–Trinajstić information content (AvgIpc) is 2.14. The summed E-state index contributed by atoms with van der Waals surface area (Å²) in [6, 6.07) is 0. The topological polar surface area (TPSA) is 51.8 Å². The molecule has 0 atom stereocenters. The lowest BCUT2D eigenvalue weighted by molar-refractivity contribution is 0.958. The van der Waals surface area contributed by atoms with E-state index < -0.39 is 0 Å². The van der Waals surface area contributed by atoms with Crippen molar-refractivity contribution in [3.63, 3.8) is 0 Å². The van der Waals surface area contributed by atoms with E-state index in [1.165, 1.54) is 11.3 Å². The van der Waals surface area contributed by atoms with Crippen LogP contribution in [0.4, 0.5) is 0 Å². The van der Waals surface area contributed by atoms with Crippen LogP contribution in [0.2, 0.25) is 0 Å². The summed E-state index contributed by atoms with van der Waals surface area (Å²) < 4.78 is 1.40. The van der Waals surface area contributed by atoms with Gasteiger partial charge in [-0.15, -0.1) is 22.8 Å². The predicted octanol–water partition coefficient (Wildman–Crippen LogP) is 0.793. The number of nitrogens with two attached hydrogens (primary N) is 1. The fourth-order valence-electron chi connectivity index (χ4n) is 0.250. The van der Waals surface area contributed by atoms with Gasteiger partial charge in [-0.05, 0) is 11.9 Å². The maximum atomic E-state index is 5.15. The smallest absolute Gasteiger partial charge is 0.189 e. The lowest BCUT2D eigenvalue weighted by Crippen LogP contribution is -1.76. The highest BCUT2D eigenvalue weighted by atomic mass is 32.2. The van der Waals surface area contributed by atoms with Crippen molar-refractivity contribution in [2.75, 3.05) is 0 Å². The molecule has 0 aromatic carbocycles. The normalized spacial score (nSPS) is 9.75. The molecule has 0 aliphatic carbocycles. The van der Waals surface area contributed by atoms with Gasteiger partial charge >= 0.3 is 0 Å². The average molecular weight is 165 g/mol. The number of hydrogen-bond acceptors (Lipinski definition) is 6. The highest BCUT2D eigenvalue weighted by molar-refractivity contribution is 7.99. The van der Waals surface area contributed by atoms with Crippen LogP contribution in [0.25, 0.3) is 0 Å². The molecular formula is C2H3N3S3. The van der Waals surface area contributed by atoms with Gasteiger partial charge in [-0.3, -0.25) is 5.14 Å². The maximum absolute atomic E-state index is 5.15. The first-order valence-corrected chi connectivity index (χ1v) is 3.86. The van der Waals surface area contributed by atoms with Crippen molar-refractivity contribution in [2.24, 2.45) is 5.14 Å². The van der Waals surface area contributed by atoms with Crippen LogP contribution in [-0.2, 0) is 0 Å². The largest absolute Gasteiger partial charge is 0.272 e. The zero-order valence-electron chi connectivity index (χ0n) is 3.74. The van der Waals surface area contributed by atoms with Crippen LogP contribution in [-0.4, -0.2) is 10.2 Å². The Morgan fingerprint density at radius 1 is 1.62 bits per heavy atom. The van der Waals surface area contributed by atoms with Crippen LogP contribution < -0.4 is 5.14 Å². The first kappa shape index (κ1) is 6.34. The van der Waals surface area contributed by atoms with E-state index >= 15 is 0 Å². The molecule has 0 aliphatic heterocycles. The quantitative estimate of drug-likeness (QED) is 0.477. The van der Waals surface area contributed by atoms with Crippen LogP contribution in [0.1, 0.15) is 0 Å². The minimum Gasteiger partial charge on any atom is -0.272 e. The van der Waals surface area contributed by atoms with Gasteiger partial charge in [0, 0.05) is 0 Å². The van der Waals surface area contributed by atoms with E-state index in [1.54, 1.807) is 0 Å². The van der Waals surface area contributed by atoms with Gasteiger partial charge in [0.2, 0.25) is 0 Å². The summed E-state index contributed by atoms with van der Waals surface area (Å²) in [5.74, 6) is 0. The van der Waals surface area contributed by atoms with Crippen molar-refractivity contribution in [3.05, 3.63) is 0 Å². The molecule has 2 N–H and O–H groups in total. The van der Waals surface area contributed by atoms with Gasteiger partial charge < -0.3 is 0 Å². The Kier molecular flexibility index (Phi) is 2.12. The summed E-state index contributed by atoms with van der Waals surface area (Å²) in [7, 11) is 0. The maximum Gasteiger partial charge on any atom is 0.189 e. The van der Waals surface area contributed by atoms with Gasteiger partial charge in [0.15, 0.2) is 8.68 Å². The van der Waals surface area contributed by atoms with Crippen LogP contribution >= 0.6 is 35.9 Å². The van der Waals surface area contributed by atoms with Gasteiger partial charge in [0.25, 0.3) is 0 Å². The molecule has 0 saturated heterocycles. The number of aromatic nitrogens is 2. The Hall–Kier alpha value is 0.220. The van der Waals surface area contributed by atoms with Crippen molar-refractivity contribution in [1.82, 2.24) is 10.2 Å². The standard InChI is InChI=1S/C2H3N3S3/c3-8-2-5-4-1(6)7-2/h3H2,(H,4,6). The van der Waals surface area contributed by atoms with Crippen molar-refractivity contribution in [3.8, 4) is 0 Å². The molecule has 0 saturated carbocycles. The zero-order valence-corrected chi connectivity index (χ0v) is 6.26. The molecule has 1 heterocycles. The molecule has 8 heavy (non-hydrogen) atoms. The van der Waals surface area contributed by atoms with E-state index in [9.17, 15) is 0 Å². The molecule has 0 spiro atoms. The molecule has 0 amide bonds. The van der Waals surface area contributed by atoms with Crippen LogP contribution in [0.5, 0.6) is 0 Å². The first-order valence-electron chi connectivity index (χ1n) is 1.72. The summed E-state index contributed by atoms with van der Waals surface area (Å²) in [4.78, 5) is 0. The summed E-state index contributed by atoms with van der Waals surface area (Å²) in [5, 5.41) is 12.4. The lowest BCUT2D eigenvalue weighted by Gasteiger charge is -1.75. The molecule has 6 heteroatoms. The van der Waals surface area contributed by atoms with Crippen LogP contribution in [0.3, 0.4) is 0 Å². The molecule has 0 fully saturated rings. The lowest BCUT2D eigenvalue weighted by atomic mass is 11.6. The Morgan fingerprint density at radius 2 is 2.38 bits per heavy atom. The Balaban J connectivity index is 2.84. The zero-order chi connectivity index (χ0) is 5.98. The SMILES string of the molecule is NSc1nnc(S)s1. The van der Waals surface area contributed by atoms with Gasteiger partial charge in [-0.25, -0.2) is 0 Å². The summed E-state index contributed by atoms with van der Waals surface area (Å²) in [5.41, 5.74) is 0. The van der Waals surface area contributed by atoms with E-state index in [0.717, 1.165) is 16.3 Å². The third-order valence-electron chi connectivity index (χ3n) is 0.497. The first-order chi connectivity index (χ1) is 3.83. The van der Waals surface area contributed by atoms with Crippen molar-refractivity contribution >= 4 is 35.9 Å². The van der Waals surface area contributed by atoms with Gasteiger partial charge in [-0.2, -0.15) is 0 Å². The summed E-state index contributed by atoms with van der Waals surface area (Å²) >= 11 is 6.39. The van der Waals surface area contributed by atoms with E-state index in [4.69, 9.17) is 5.14 Å². The molecule has 0 unspecified atom stereocenters. The highest BCUT2D eigenvalue weighted by Crippen LogP contribution is 2.19. The second-order valence-electron chi connectivity index (χ2n) is 0.968. The third kappa shape index (κ3) is 1.35. The third-order valence-corrected chi connectivity index (χ3v) is 2.20. The minimum atomic E-state index is 0.651. The van der Waals surface area contributed by atoms with Crippen LogP contribution in [0, 0.1) is 0 Å². The van der Waals surface area contributed by atoms with E-state index in [-0.39, 0.29) is 0 Å². The number of hydrogen-bond donors (Lipinski definition) is 2. The number of thiol groups is 1. The van der Waals surface area contributed by atoms with Gasteiger partial charge in [-0.1, -0.05) is 11.3 Å². The second kappa shape index (κ2) is 2.67. The van der Waals surface area contributed by atoms with Crippen molar-refractivity contribution in [2.45, 2.75) is 8.68 Å². The fourth-order valence-corrected chi connectivity index (χ4v) is 1.58. The second-order valence-corrected chi connectivity index (χ2v) is 3.55. The monoisotopic (exact) mass is 165 g/mol. The number of rotatable bonds is 1. The fraction of sp³-hybridized carbons (Fsp3) is 0. The van der Waals surface area contributed by atoms with E-state index in [1.807, 2.05) is 0 Å². The molecule has 1 aromatic heterocycles. The molecule has 0 radical (unpaired) electrons.